The molecule has 0 fully saturated rings. The number of rotatable bonds is 5. The SMILES string of the molecule is COc1ccc(CC(O)c2ccc(C)c(C)c2OC)cc1. The summed E-state index contributed by atoms with van der Waals surface area (Å²) in [4.78, 5) is 0. The summed E-state index contributed by atoms with van der Waals surface area (Å²) >= 11 is 0. The van der Waals surface area contributed by atoms with Gasteiger partial charge >= 0.3 is 0 Å². The Kier molecular flexibility index (Phi) is 4.86. The largest absolute Gasteiger partial charge is 0.497 e. The van der Waals surface area contributed by atoms with Gasteiger partial charge in [-0.25, -0.2) is 0 Å². The van der Waals surface area contributed by atoms with Gasteiger partial charge in [-0.05, 0) is 42.7 Å². The molecule has 3 nitrogen and oxygen atoms in total. The van der Waals surface area contributed by atoms with Crippen molar-refractivity contribution in [1.82, 2.24) is 0 Å². The van der Waals surface area contributed by atoms with Crippen LogP contribution in [0.1, 0.15) is 28.4 Å². The number of benzene rings is 2. The first-order valence-corrected chi connectivity index (χ1v) is 7.02. The van der Waals surface area contributed by atoms with Crippen molar-refractivity contribution in [2.24, 2.45) is 0 Å². The molecule has 0 heterocycles. The van der Waals surface area contributed by atoms with Crippen molar-refractivity contribution in [3.05, 3.63) is 58.7 Å². The molecular formula is C18H22O3. The maximum absolute atomic E-state index is 10.5. The molecule has 21 heavy (non-hydrogen) atoms. The Morgan fingerprint density at radius 2 is 1.62 bits per heavy atom. The minimum absolute atomic E-state index is 0.544. The summed E-state index contributed by atoms with van der Waals surface area (Å²) in [5.41, 5.74) is 4.12. The van der Waals surface area contributed by atoms with Crippen LogP contribution < -0.4 is 9.47 Å². The van der Waals surface area contributed by atoms with Crippen LogP contribution >= 0.6 is 0 Å². The van der Waals surface area contributed by atoms with Gasteiger partial charge in [0.25, 0.3) is 0 Å². The van der Waals surface area contributed by atoms with Crippen LogP contribution in [0.25, 0.3) is 0 Å². The molecule has 0 saturated heterocycles. The lowest BCUT2D eigenvalue weighted by molar-refractivity contribution is 0.174. The summed E-state index contributed by atoms with van der Waals surface area (Å²) in [6, 6.07) is 11.7. The van der Waals surface area contributed by atoms with E-state index in [1.54, 1.807) is 14.2 Å². The summed E-state index contributed by atoms with van der Waals surface area (Å²) in [5, 5.41) is 10.5. The smallest absolute Gasteiger partial charge is 0.127 e. The highest BCUT2D eigenvalue weighted by Crippen LogP contribution is 2.32. The summed E-state index contributed by atoms with van der Waals surface area (Å²) < 4.78 is 10.6. The second-order valence-electron chi connectivity index (χ2n) is 5.20. The molecule has 0 aliphatic heterocycles. The van der Waals surface area contributed by atoms with Gasteiger partial charge in [-0.15, -0.1) is 0 Å². The normalized spacial score (nSPS) is 12.0. The third kappa shape index (κ3) is 3.37. The maximum Gasteiger partial charge on any atom is 0.127 e. The fourth-order valence-corrected chi connectivity index (χ4v) is 2.44. The molecule has 1 unspecified atom stereocenters. The summed E-state index contributed by atoms with van der Waals surface area (Å²) in [6.45, 7) is 4.05. The average molecular weight is 286 g/mol. The van der Waals surface area contributed by atoms with Gasteiger partial charge < -0.3 is 14.6 Å². The Morgan fingerprint density at radius 3 is 2.19 bits per heavy atom. The molecule has 0 radical (unpaired) electrons. The van der Waals surface area contributed by atoms with E-state index >= 15 is 0 Å². The molecule has 0 amide bonds. The van der Waals surface area contributed by atoms with Crippen LogP contribution in [0, 0.1) is 13.8 Å². The van der Waals surface area contributed by atoms with Crippen LogP contribution in [0.15, 0.2) is 36.4 Å². The molecule has 1 atom stereocenters. The van der Waals surface area contributed by atoms with Crippen LogP contribution in [0.2, 0.25) is 0 Å². The van der Waals surface area contributed by atoms with Gasteiger partial charge in [0.2, 0.25) is 0 Å². The Hall–Kier alpha value is -2.00. The summed E-state index contributed by atoms with van der Waals surface area (Å²) in [6.07, 6.45) is -0.0456. The quantitative estimate of drug-likeness (QED) is 0.912. The predicted molar refractivity (Wildman–Crippen MR) is 84.1 cm³/mol. The number of ether oxygens (including phenoxy) is 2. The standard InChI is InChI=1S/C18H22O3/c1-12-5-10-16(18(21-4)13(12)2)17(19)11-14-6-8-15(20-3)9-7-14/h5-10,17,19H,11H2,1-4H3. The highest BCUT2D eigenvalue weighted by molar-refractivity contribution is 5.46. The maximum atomic E-state index is 10.5. The van der Waals surface area contributed by atoms with E-state index in [-0.39, 0.29) is 0 Å². The minimum Gasteiger partial charge on any atom is -0.497 e. The molecule has 2 aromatic carbocycles. The monoisotopic (exact) mass is 286 g/mol. The zero-order valence-electron chi connectivity index (χ0n) is 13.0. The third-order valence-electron chi connectivity index (χ3n) is 3.86. The fraction of sp³-hybridized carbons (Fsp3) is 0.333. The zero-order chi connectivity index (χ0) is 15.4. The molecule has 2 aromatic rings. The van der Waals surface area contributed by atoms with Crippen LogP contribution in [0.4, 0.5) is 0 Å². The summed E-state index contributed by atoms with van der Waals surface area (Å²) in [7, 11) is 3.29. The lowest BCUT2D eigenvalue weighted by atomic mass is 9.96. The third-order valence-corrected chi connectivity index (χ3v) is 3.86. The lowest BCUT2D eigenvalue weighted by Gasteiger charge is -2.18. The van der Waals surface area contributed by atoms with E-state index in [1.165, 1.54) is 0 Å². The van der Waals surface area contributed by atoms with Gasteiger partial charge in [0.1, 0.15) is 11.5 Å². The van der Waals surface area contributed by atoms with Crippen LogP contribution in [-0.4, -0.2) is 19.3 Å². The minimum atomic E-state index is -0.590. The Labute approximate surface area is 126 Å². The highest BCUT2D eigenvalue weighted by Gasteiger charge is 2.16. The van der Waals surface area contributed by atoms with Gasteiger partial charge in [0, 0.05) is 12.0 Å². The first-order valence-electron chi connectivity index (χ1n) is 7.02. The topological polar surface area (TPSA) is 38.7 Å². The van der Waals surface area contributed by atoms with Gasteiger partial charge in [-0.3, -0.25) is 0 Å². The molecule has 1 N–H and O–H groups in total. The van der Waals surface area contributed by atoms with Crippen molar-refractivity contribution >= 4 is 0 Å². The van der Waals surface area contributed by atoms with Crippen molar-refractivity contribution in [2.45, 2.75) is 26.4 Å². The van der Waals surface area contributed by atoms with Crippen LogP contribution in [-0.2, 0) is 6.42 Å². The molecule has 112 valence electrons. The van der Waals surface area contributed by atoms with E-state index in [9.17, 15) is 5.11 Å². The molecule has 2 rings (SSSR count). The van der Waals surface area contributed by atoms with E-state index in [4.69, 9.17) is 9.47 Å². The lowest BCUT2D eigenvalue weighted by Crippen LogP contribution is -2.06. The molecule has 3 heteroatoms. The van der Waals surface area contributed by atoms with Gasteiger partial charge in [0.05, 0.1) is 20.3 Å². The molecular weight excluding hydrogens is 264 g/mol. The van der Waals surface area contributed by atoms with Crippen molar-refractivity contribution in [1.29, 1.82) is 0 Å². The highest BCUT2D eigenvalue weighted by atomic mass is 16.5. The number of hydrogen-bond donors (Lipinski definition) is 1. The Balaban J connectivity index is 2.23. The molecule has 0 spiro atoms. The average Bonchev–Trinajstić information content (AvgIpc) is 2.50. The molecule has 0 bridgehead atoms. The number of methoxy groups -OCH3 is 2. The van der Waals surface area contributed by atoms with Crippen LogP contribution in [0.5, 0.6) is 11.5 Å². The van der Waals surface area contributed by atoms with Crippen molar-refractivity contribution < 1.29 is 14.6 Å². The van der Waals surface area contributed by atoms with E-state index in [0.29, 0.717) is 6.42 Å². The van der Waals surface area contributed by atoms with Gasteiger partial charge in [0.15, 0.2) is 0 Å². The van der Waals surface area contributed by atoms with Crippen LogP contribution in [0.3, 0.4) is 0 Å². The molecule has 0 saturated carbocycles. The summed E-state index contributed by atoms with van der Waals surface area (Å²) in [5.74, 6) is 1.59. The zero-order valence-corrected chi connectivity index (χ0v) is 13.0. The van der Waals surface area contributed by atoms with Crippen molar-refractivity contribution in [3.63, 3.8) is 0 Å². The van der Waals surface area contributed by atoms with Gasteiger partial charge in [-0.1, -0.05) is 24.3 Å². The molecule has 0 aliphatic carbocycles. The number of aliphatic hydroxyl groups is 1. The van der Waals surface area contributed by atoms with E-state index in [1.807, 2.05) is 50.2 Å². The van der Waals surface area contributed by atoms with E-state index in [0.717, 1.165) is 33.8 Å². The molecule has 0 aromatic heterocycles. The Bertz CT molecular complexity index is 603. The first-order chi connectivity index (χ1) is 10.1. The van der Waals surface area contributed by atoms with E-state index < -0.39 is 6.10 Å². The second kappa shape index (κ2) is 6.64. The Morgan fingerprint density at radius 1 is 0.952 bits per heavy atom. The predicted octanol–water partition coefficient (Wildman–Crippen LogP) is 3.60. The second-order valence-corrected chi connectivity index (χ2v) is 5.20. The fourth-order valence-electron chi connectivity index (χ4n) is 2.44. The number of aliphatic hydroxyl groups excluding tert-OH is 1. The molecule has 0 aliphatic rings. The van der Waals surface area contributed by atoms with Crippen molar-refractivity contribution in [3.8, 4) is 11.5 Å². The van der Waals surface area contributed by atoms with Gasteiger partial charge in [-0.2, -0.15) is 0 Å². The number of aryl methyl sites for hydroxylation is 1. The first kappa shape index (κ1) is 15.4. The number of hydrogen-bond acceptors (Lipinski definition) is 3. The van der Waals surface area contributed by atoms with Crippen molar-refractivity contribution in [2.75, 3.05) is 14.2 Å². The van der Waals surface area contributed by atoms with E-state index in [2.05, 4.69) is 0 Å².